The summed E-state index contributed by atoms with van der Waals surface area (Å²) in [5.74, 6) is -0.265. The van der Waals surface area contributed by atoms with Crippen molar-refractivity contribution in [2.75, 3.05) is 20.1 Å². The number of aliphatic carboxylic acids is 1. The van der Waals surface area contributed by atoms with Gasteiger partial charge in [0, 0.05) is 13.1 Å². The van der Waals surface area contributed by atoms with Crippen molar-refractivity contribution in [1.29, 1.82) is 0 Å². The highest BCUT2D eigenvalue weighted by Gasteiger charge is 2.27. The molecule has 0 radical (unpaired) electrons. The Bertz CT molecular complexity index is 444. The Hall–Kier alpha value is -1.39. The van der Waals surface area contributed by atoms with Crippen LogP contribution in [0.1, 0.15) is 24.0 Å². The number of carboxylic acid groups (broad SMARTS) is 1. The van der Waals surface area contributed by atoms with Crippen LogP contribution in [-0.2, 0) is 11.3 Å². The van der Waals surface area contributed by atoms with Crippen LogP contribution in [0.2, 0.25) is 0 Å². The highest BCUT2D eigenvalue weighted by atomic mass is 16.4. The summed E-state index contributed by atoms with van der Waals surface area (Å²) in [7, 11) is 1.72. The Morgan fingerprint density at radius 2 is 2.15 bits per heavy atom. The van der Waals surface area contributed by atoms with Gasteiger partial charge < -0.3 is 10.4 Å². The van der Waals surface area contributed by atoms with Crippen LogP contribution in [0.4, 0.5) is 0 Å². The van der Waals surface area contributed by atoms with Crippen LogP contribution >= 0.6 is 0 Å². The van der Waals surface area contributed by atoms with Gasteiger partial charge in [-0.1, -0.05) is 29.8 Å². The molecule has 0 aromatic heterocycles. The van der Waals surface area contributed by atoms with Gasteiger partial charge in [0.15, 0.2) is 0 Å². The maximum absolute atomic E-state index is 11.0. The summed E-state index contributed by atoms with van der Waals surface area (Å²) >= 11 is 0. The van der Waals surface area contributed by atoms with Gasteiger partial charge in [-0.2, -0.15) is 0 Å². The first-order chi connectivity index (χ1) is 9.58. The van der Waals surface area contributed by atoms with Crippen molar-refractivity contribution in [1.82, 2.24) is 10.2 Å². The number of hydrogen-bond donors (Lipinski definition) is 2. The van der Waals surface area contributed by atoms with Crippen LogP contribution in [-0.4, -0.2) is 42.2 Å². The molecule has 1 aromatic carbocycles. The van der Waals surface area contributed by atoms with Gasteiger partial charge in [-0.05, 0) is 44.8 Å². The lowest BCUT2D eigenvalue weighted by Crippen LogP contribution is -2.36. The Morgan fingerprint density at radius 1 is 1.45 bits per heavy atom. The largest absolute Gasteiger partial charge is 0.480 e. The molecule has 1 aliphatic heterocycles. The highest BCUT2D eigenvalue weighted by molar-refractivity contribution is 5.73. The summed E-state index contributed by atoms with van der Waals surface area (Å²) in [4.78, 5) is 13.5. The fourth-order valence-electron chi connectivity index (χ4n) is 2.88. The number of carboxylic acids is 1. The topological polar surface area (TPSA) is 52.6 Å². The minimum atomic E-state index is -0.746. The second-order valence-electron chi connectivity index (χ2n) is 5.79. The molecule has 1 fully saturated rings. The van der Waals surface area contributed by atoms with E-state index >= 15 is 0 Å². The molecule has 20 heavy (non-hydrogen) atoms. The first-order valence-electron chi connectivity index (χ1n) is 7.26. The Morgan fingerprint density at radius 3 is 2.75 bits per heavy atom. The Kier molecular flexibility index (Phi) is 5.15. The van der Waals surface area contributed by atoms with Crippen LogP contribution in [0.5, 0.6) is 0 Å². The van der Waals surface area contributed by atoms with E-state index in [0.29, 0.717) is 5.92 Å². The molecule has 1 heterocycles. The van der Waals surface area contributed by atoms with Crippen molar-refractivity contribution >= 4 is 5.97 Å². The van der Waals surface area contributed by atoms with Gasteiger partial charge in [0.1, 0.15) is 6.04 Å². The first kappa shape index (κ1) is 15.0. The quantitative estimate of drug-likeness (QED) is 0.833. The molecule has 4 nitrogen and oxygen atoms in total. The van der Waals surface area contributed by atoms with Crippen molar-refractivity contribution in [3.05, 3.63) is 35.4 Å². The van der Waals surface area contributed by atoms with E-state index < -0.39 is 12.0 Å². The van der Waals surface area contributed by atoms with Crippen LogP contribution < -0.4 is 5.32 Å². The third-order valence-electron chi connectivity index (χ3n) is 4.11. The Balaban J connectivity index is 1.83. The molecule has 0 spiro atoms. The van der Waals surface area contributed by atoms with Crippen molar-refractivity contribution in [3.8, 4) is 0 Å². The number of nitrogens with zero attached hydrogens (tertiary/aromatic N) is 1. The molecule has 0 saturated carbocycles. The number of likely N-dealkylation sites (tertiary alicyclic amines) is 1. The SMILES string of the molecule is CNC(CC1CCN(Cc2ccc(C)cc2)C1)C(=O)O. The van der Waals surface area contributed by atoms with Crippen molar-refractivity contribution in [2.45, 2.75) is 32.4 Å². The average molecular weight is 276 g/mol. The molecular formula is C16H24N2O2. The molecule has 1 aliphatic rings. The molecule has 110 valence electrons. The van der Waals surface area contributed by atoms with Crippen molar-refractivity contribution in [3.63, 3.8) is 0 Å². The second kappa shape index (κ2) is 6.86. The smallest absolute Gasteiger partial charge is 0.320 e. The van der Waals surface area contributed by atoms with Gasteiger partial charge in [-0.3, -0.25) is 9.69 Å². The number of rotatable bonds is 6. The molecule has 0 amide bonds. The minimum absolute atomic E-state index is 0.417. The lowest BCUT2D eigenvalue weighted by Gasteiger charge is -2.18. The zero-order valence-corrected chi connectivity index (χ0v) is 12.3. The predicted octanol–water partition coefficient (Wildman–Crippen LogP) is 1.88. The molecule has 1 saturated heterocycles. The summed E-state index contributed by atoms with van der Waals surface area (Å²) in [6.45, 7) is 5.13. The first-order valence-corrected chi connectivity index (χ1v) is 7.26. The molecule has 2 N–H and O–H groups in total. The molecule has 0 bridgehead atoms. The average Bonchev–Trinajstić information content (AvgIpc) is 2.86. The van der Waals surface area contributed by atoms with Crippen LogP contribution in [0.25, 0.3) is 0 Å². The number of carbonyl (C=O) groups is 1. The predicted molar refractivity (Wildman–Crippen MR) is 79.7 cm³/mol. The van der Waals surface area contributed by atoms with E-state index in [4.69, 9.17) is 5.11 Å². The third kappa shape index (κ3) is 4.05. The number of aryl methyl sites for hydroxylation is 1. The van der Waals surface area contributed by atoms with Gasteiger partial charge in [-0.25, -0.2) is 0 Å². The lowest BCUT2D eigenvalue weighted by molar-refractivity contribution is -0.139. The summed E-state index contributed by atoms with van der Waals surface area (Å²) in [5, 5.41) is 12.0. The molecule has 1 aromatic rings. The summed E-state index contributed by atoms with van der Waals surface area (Å²) < 4.78 is 0. The number of likely N-dealkylation sites (N-methyl/N-ethyl adjacent to an activating group) is 1. The van der Waals surface area contributed by atoms with Crippen LogP contribution in [0.15, 0.2) is 24.3 Å². The number of hydrogen-bond acceptors (Lipinski definition) is 3. The summed E-state index contributed by atoms with van der Waals surface area (Å²) in [6, 6.07) is 8.22. The minimum Gasteiger partial charge on any atom is -0.480 e. The van der Waals surface area contributed by atoms with E-state index in [1.165, 1.54) is 11.1 Å². The molecule has 2 atom stereocenters. The van der Waals surface area contributed by atoms with E-state index in [-0.39, 0.29) is 0 Å². The summed E-state index contributed by atoms with van der Waals surface area (Å²) in [6.07, 6.45) is 1.81. The number of benzene rings is 1. The molecule has 0 aliphatic carbocycles. The van der Waals surface area contributed by atoms with Gasteiger partial charge in [0.05, 0.1) is 0 Å². The monoisotopic (exact) mass is 276 g/mol. The van der Waals surface area contributed by atoms with Crippen molar-refractivity contribution in [2.24, 2.45) is 5.92 Å². The third-order valence-corrected chi connectivity index (χ3v) is 4.11. The normalized spacial score (nSPS) is 21.0. The fourth-order valence-corrected chi connectivity index (χ4v) is 2.88. The Labute approximate surface area is 120 Å². The summed E-state index contributed by atoms with van der Waals surface area (Å²) in [5.41, 5.74) is 2.62. The van der Waals surface area contributed by atoms with Crippen LogP contribution in [0, 0.1) is 12.8 Å². The standard InChI is InChI=1S/C16H24N2O2/c1-12-3-5-13(6-4-12)10-18-8-7-14(11-18)9-15(17-2)16(19)20/h3-6,14-15,17H,7-11H2,1-2H3,(H,19,20). The second-order valence-corrected chi connectivity index (χ2v) is 5.79. The maximum atomic E-state index is 11.0. The van der Waals surface area contributed by atoms with Crippen molar-refractivity contribution < 1.29 is 9.90 Å². The zero-order valence-electron chi connectivity index (χ0n) is 12.3. The molecule has 4 heteroatoms. The van der Waals surface area contributed by atoms with E-state index in [0.717, 1.165) is 32.5 Å². The molecule has 2 rings (SSSR count). The lowest BCUT2D eigenvalue weighted by atomic mass is 9.99. The maximum Gasteiger partial charge on any atom is 0.320 e. The fraction of sp³-hybridized carbons (Fsp3) is 0.562. The van der Waals surface area contributed by atoms with Gasteiger partial charge in [0.2, 0.25) is 0 Å². The highest BCUT2D eigenvalue weighted by Crippen LogP contribution is 2.23. The van der Waals surface area contributed by atoms with E-state index in [9.17, 15) is 4.79 Å². The van der Waals surface area contributed by atoms with Gasteiger partial charge in [-0.15, -0.1) is 0 Å². The van der Waals surface area contributed by atoms with Gasteiger partial charge >= 0.3 is 5.97 Å². The molecular weight excluding hydrogens is 252 g/mol. The number of nitrogens with one attached hydrogen (secondary N) is 1. The van der Waals surface area contributed by atoms with E-state index in [2.05, 4.69) is 41.4 Å². The van der Waals surface area contributed by atoms with E-state index in [1.54, 1.807) is 7.05 Å². The van der Waals surface area contributed by atoms with Crippen LogP contribution in [0.3, 0.4) is 0 Å². The van der Waals surface area contributed by atoms with Gasteiger partial charge in [0.25, 0.3) is 0 Å². The van der Waals surface area contributed by atoms with E-state index in [1.807, 2.05) is 0 Å². The molecule has 2 unspecified atom stereocenters. The zero-order chi connectivity index (χ0) is 14.5.